The van der Waals surface area contributed by atoms with Gasteiger partial charge in [0.25, 0.3) is 5.69 Å². The van der Waals surface area contributed by atoms with Crippen LogP contribution in [-0.2, 0) is 4.74 Å². The Bertz CT molecular complexity index is 401. The van der Waals surface area contributed by atoms with E-state index in [-0.39, 0.29) is 5.69 Å². The van der Waals surface area contributed by atoms with Crippen LogP contribution in [-0.4, -0.2) is 29.0 Å². The number of nitro benzene ring substituents is 1. The molecule has 1 aromatic rings. The number of nitro groups is 1. The second kappa shape index (κ2) is 9.28. The minimum absolute atomic E-state index is 0.000224. The van der Waals surface area contributed by atoms with E-state index in [1.54, 1.807) is 26.0 Å². The molecule has 0 fully saturated rings. The number of hydrogen-bond acceptors (Lipinski definition) is 5. The van der Waals surface area contributed by atoms with Crippen LogP contribution in [0.2, 0.25) is 0 Å². The van der Waals surface area contributed by atoms with E-state index in [4.69, 9.17) is 9.47 Å². The van der Waals surface area contributed by atoms with Crippen LogP contribution >= 0.6 is 0 Å². The van der Waals surface area contributed by atoms with Gasteiger partial charge in [0.2, 0.25) is 0 Å². The van der Waals surface area contributed by atoms with Crippen molar-refractivity contribution in [1.82, 2.24) is 0 Å². The van der Waals surface area contributed by atoms with Crippen molar-refractivity contribution >= 4 is 5.69 Å². The minimum atomic E-state index is -1.15. The number of non-ortho nitro benzene ring substituents is 1. The van der Waals surface area contributed by atoms with Gasteiger partial charge in [-0.05, 0) is 19.9 Å². The lowest BCUT2D eigenvalue weighted by atomic mass is 10.3. The topological polar surface area (TPSA) is 81.8 Å². The van der Waals surface area contributed by atoms with Gasteiger partial charge in [0, 0.05) is 12.5 Å². The molecule has 0 spiro atoms. The maximum absolute atomic E-state index is 10.5. The average molecular weight is 285 g/mol. The second-order valence-electron chi connectivity index (χ2n) is 4.25. The average Bonchev–Trinajstić information content (AvgIpc) is 2.39. The molecule has 0 heterocycles. The maximum Gasteiger partial charge on any atom is 0.273 e. The zero-order valence-corrected chi connectivity index (χ0v) is 12.5. The van der Waals surface area contributed by atoms with Crippen molar-refractivity contribution in [2.75, 3.05) is 13.2 Å². The summed E-state index contributed by atoms with van der Waals surface area (Å²) in [5.74, 6) is -0.696. The molecule has 20 heavy (non-hydrogen) atoms. The number of aliphatic hydroxyl groups is 1. The Hall–Kier alpha value is -1.66. The summed E-state index contributed by atoms with van der Waals surface area (Å²) in [4.78, 5) is 10.1. The SMILES string of the molecule is CC.CC(C)(O)OCCCOc1cccc([N+](=O)[O-])c1. The van der Waals surface area contributed by atoms with Gasteiger partial charge in [0.05, 0.1) is 24.2 Å². The van der Waals surface area contributed by atoms with E-state index >= 15 is 0 Å². The largest absolute Gasteiger partial charge is 0.493 e. The van der Waals surface area contributed by atoms with Crippen LogP contribution in [0.3, 0.4) is 0 Å². The quantitative estimate of drug-likeness (QED) is 0.360. The fraction of sp³-hybridized carbons (Fsp3) is 0.571. The summed E-state index contributed by atoms with van der Waals surface area (Å²) < 4.78 is 10.4. The zero-order chi connectivity index (χ0) is 15.6. The van der Waals surface area contributed by atoms with Gasteiger partial charge in [-0.3, -0.25) is 10.1 Å². The Morgan fingerprint density at radius 3 is 2.50 bits per heavy atom. The van der Waals surface area contributed by atoms with E-state index in [0.29, 0.717) is 25.4 Å². The van der Waals surface area contributed by atoms with Gasteiger partial charge in [-0.2, -0.15) is 0 Å². The molecule has 0 aliphatic rings. The molecule has 0 saturated heterocycles. The van der Waals surface area contributed by atoms with E-state index in [1.165, 1.54) is 12.1 Å². The Labute approximate surface area is 119 Å². The first kappa shape index (κ1) is 18.3. The molecule has 0 aliphatic carbocycles. The third-order valence-corrected chi connectivity index (χ3v) is 2.04. The summed E-state index contributed by atoms with van der Waals surface area (Å²) in [5.41, 5.74) is 0.000224. The normalized spacial score (nSPS) is 10.4. The predicted octanol–water partition coefficient (Wildman–Crippen LogP) is 3.13. The van der Waals surface area contributed by atoms with Crippen molar-refractivity contribution in [3.63, 3.8) is 0 Å². The lowest BCUT2D eigenvalue weighted by Crippen LogP contribution is -2.24. The third-order valence-electron chi connectivity index (χ3n) is 2.04. The van der Waals surface area contributed by atoms with Crippen LogP contribution in [0.15, 0.2) is 24.3 Å². The van der Waals surface area contributed by atoms with Gasteiger partial charge in [0.15, 0.2) is 5.79 Å². The molecule has 1 aromatic carbocycles. The van der Waals surface area contributed by atoms with Crippen LogP contribution in [0.5, 0.6) is 5.75 Å². The molecule has 0 aromatic heterocycles. The van der Waals surface area contributed by atoms with Crippen LogP contribution < -0.4 is 4.74 Å². The molecular weight excluding hydrogens is 262 g/mol. The molecule has 0 aliphatic heterocycles. The Balaban J connectivity index is 0.00000172. The molecule has 0 radical (unpaired) electrons. The van der Waals surface area contributed by atoms with Crippen molar-refractivity contribution in [1.29, 1.82) is 0 Å². The summed E-state index contributed by atoms with van der Waals surface area (Å²) in [6, 6.07) is 6.01. The first-order chi connectivity index (χ1) is 9.38. The molecule has 6 nitrogen and oxygen atoms in total. The van der Waals surface area contributed by atoms with E-state index in [1.807, 2.05) is 13.8 Å². The molecule has 0 atom stereocenters. The molecule has 1 rings (SSSR count). The van der Waals surface area contributed by atoms with Crippen LogP contribution in [0.1, 0.15) is 34.1 Å². The van der Waals surface area contributed by atoms with Gasteiger partial charge in [-0.25, -0.2) is 0 Å². The third kappa shape index (κ3) is 8.44. The predicted molar refractivity (Wildman–Crippen MR) is 76.8 cm³/mol. The van der Waals surface area contributed by atoms with Crippen molar-refractivity contribution in [3.05, 3.63) is 34.4 Å². The van der Waals surface area contributed by atoms with Gasteiger partial charge in [0.1, 0.15) is 5.75 Å². The summed E-state index contributed by atoms with van der Waals surface area (Å²) in [7, 11) is 0. The highest BCUT2D eigenvalue weighted by molar-refractivity contribution is 5.37. The number of ether oxygens (including phenoxy) is 2. The summed E-state index contributed by atoms with van der Waals surface area (Å²) >= 11 is 0. The standard InChI is InChI=1S/C12H17NO5.C2H6/c1-12(2,14)18-8-4-7-17-11-6-3-5-10(9-11)13(15)16;1-2/h3,5-6,9,14H,4,7-8H2,1-2H3;1-2H3. The first-order valence-electron chi connectivity index (χ1n) is 6.62. The van der Waals surface area contributed by atoms with Crippen LogP contribution in [0, 0.1) is 10.1 Å². The lowest BCUT2D eigenvalue weighted by Gasteiger charge is -2.17. The molecule has 0 saturated carbocycles. The highest BCUT2D eigenvalue weighted by Gasteiger charge is 2.11. The maximum atomic E-state index is 10.5. The molecular formula is C14H23NO5. The minimum Gasteiger partial charge on any atom is -0.493 e. The summed E-state index contributed by atoms with van der Waals surface area (Å²) in [5, 5.41) is 19.8. The summed E-state index contributed by atoms with van der Waals surface area (Å²) in [6.07, 6.45) is 0.590. The van der Waals surface area contributed by atoms with E-state index in [0.717, 1.165) is 0 Å². The highest BCUT2D eigenvalue weighted by Crippen LogP contribution is 2.19. The van der Waals surface area contributed by atoms with Gasteiger partial charge in [-0.1, -0.05) is 19.9 Å². The fourth-order valence-corrected chi connectivity index (χ4v) is 1.26. The van der Waals surface area contributed by atoms with Crippen molar-refractivity contribution < 1.29 is 19.5 Å². The smallest absolute Gasteiger partial charge is 0.273 e. The van der Waals surface area contributed by atoms with Crippen LogP contribution in [0.25, 0.3) is 0 Å². The number of benzene rings is 1. The second-order valence-corrected chi connectivity index (χ2v) is 4.25. The first-order valence-corrected chi connectivity index (χ1v) is 6.62. The number of rotatable bonds is 7. The summed E-state index contributed by atoms with van der Waals surface area (Å²) in [6.45, 7) is 7.83. The van der Waals surface area contributed by atoms with Crippen molar-refractivity contribution in [3.8, 4) is 5.75 Å². The molecule has 1 N–H and O–H groups in total. The van der Waals surface area contributed by atoms with Gasteiger partial charge in [-0.15, -0.1) is 0 Å². The van der Waals surface area contributed by atoms with Crippen molar-refractivity contribution in [2.45, 2.75) is 39.9 Å². The molecule has 0 bridgehead atoms. The zero-order valence-electron chi connectivity index (χ0n) is 12.5. The Kier molecular flexibility index (Phi) is 8.51. The molecule has 6 heteroatoms. The Morgan fingerprint density at radius 1 is 1.30 bits per heavy atom. The van der Waals surface area contributed by atoms with E-state index in [9.17, 15) is 15.2 Å². The molecule has 0 amide bonds. The Morgan fingerprint density at radius 2 is 1.95 bits per heavy atom. The molecule has 0 unspecified atom stereocenters. The molecule has 114 valence electrons. The van der Waals surface area contributed by atoms with Gasteiger partial charge < -0.3 is 14.6 Å². The number of hydrogen-bond donors (Lipinski definition) is 1. The number of nitrogens with zero attached hydrogens (tertiary/aromatic N) is 1. The van der Waals surface area contributed by atoms with Gasteiger partial charge >= 0.3 is 0 Å². The lowest BCUT2D eigenvalue weighted by molar-refractivity contribution is -0.384. The monoisotopic (exact) mass is 285 g/mol. The van der Waals surface area contributed by atoms with E-state index < -0.39 is 10.7 Å². The highest BCUT2D eigenvalue weighted by atomic mass is 16.6. The fourth-order valence-electron chi connectivity index (χ4n) is 1.26. The van der Waals surface area contributed by atoms with Crippen LogP contribution in [0.4, 0.5) is 5.69 Å². The van der Waals surface area contributed by atoms with E-state index in [2.05, 4.69) is 0 Å². The van der Waals surface area contributed by atoms with Crippen molar-refractivity contribution in [2.24, 2.45) is 0 Å².